The molecular formula is C21H23Cl3N2O2S. The molecule has 0 unspecified atom stereocenters. The molecule has 0 radical (unpaired) electrons. The fraction of sp³-hybridized carbons (Fsp3) is 0.333. The molecule has 4 nitrogen and oxygen atoms in total. The van der Waals surface area contributed by atoms with E-state index in [0.717, 1.165) is 11.1 Å². The smallest absolute Gasteiger partial charge is 0.242 e. The standard InChI is InChI=1S/C21H23Cl3N2O2S/c1-3-25-21(28)14(2)26(11-15-6-4-5-7-18(15)23)20(27)13-29-12-16-8-9-17(22)10-19(16)24/h4-10,14H,3,11-13H2,1-2H3,(H,25,28)/t14-/m1/s1. The number of carbonyl (C=O) groups is 2. The van der Waals surface area contributed by atoms with E-state index in [1.165, 1.54) is 11.8 Å². The molecular weight excluding hydrogens is 451 g/mol. The summed E-state index contributed by atoms with van der Waals surface area (Å²) in [6.07, 6.45) is 0. The number of thioether (sulfide) groups is 1. The molecule has 2 amide bonds. The van der Waals surface area contributed by atoms with Gasteiger partial charge in [-0.25, -0.2) is 0 Å². The third kappa shape index (κ3) is 7.10. The van der Waals surface area contributed by atoms with Crippen LogP contribution in [-0.4, -0.2) is 35.1 Å². The second kappa shape index (κ2) is 11.7. The van der Waals surface area contributed by atoms with Gasteiger partial charge in [0.25, 0.3) is 0 Å². The first-order chi connectivity index (χ1) is 13.8. The predicted octanol–water partition coefficient (Wildman–Crippen LogP) is 5.43. The third-order valence-electron chi connectivity index (χ3n) is 4.32. The number of nitrogens with one attached hydrogen (secondary N) is 1. The molecule has 0 aromatic heterocycles. The van der Waals surface area contributed by atoms with E-state index in [1.54, 1.807) is 30.0 Å². The lowest BCUT2D eigenvalue weighted by atomic mass is 10.1. The summed E-state index contributed by atoms with van der Waals surface area (Å²) in [7, 11) is 0. The number of carbonyl (C=O) groups excluding carboxylic acids is 2. The fourth-order valence-electron chi connectivity index (χ4n) is 2.68. The summed E-state index contributed by atoms with van der Waals surface area (Å²) in [5, 5.41) is 4.48. The highest BCUT2D eigenvalue weighted by molar-refractivity contribution is 7.99. The van der Waals surface area contributed by atoms with Gasteiger partial charge >= 0.3 is 0 Å². The molecule has 2 aromatic rings. The third-order valence-corrected chi connectivity index (χ3v) is 6.24. The molecule has 0 fully saturated rings. The maximum absolute atomic E-state index is 13.0. The molecule has 0 saturated carbocycles. The Hall–Kier alpha value is -1.40. The second-order valence-corrected chi connectivity index (χ2v) is 8.65. The van der Waals surface area contributed by atoms with Gasteiger partial charge in [0.15, 0.2) is 0 Å². The monoisotopic (exact) mass is 472 g/mol. The Morgan fingerprint density at radius 3 is 2.45 bits per heavy atom. The Morgan fingerprint density at radius 1 is 1.07 bits per heavy atom. The minimum atomic E-state index is -0.613. The first-order valence-corrected chi connectivity index (χ1v) is 11.4. The van der Waals surface area contributed by atoms with Gasteiger partial charge < -0.3 is 10.2 Å². The Kier molecular flexibility index (Phi) is 9.63. The zero-order valence-electron chi connectivity index (χ0n) is 16.3. The molecule has 0 aliphatic rings. The number of amides is 2. The number of hydrogen-bond acceptors (Lipinski definition) is 3. The van der Waals surface area contributed by atoms with E-state index >= 15 is 0 Å². The Labute approximate surface area is 190 Å². The molecule has 2 rings (SSSR count). The van der Waals surface area contributed by atoms with E-state index in [4.69, 9.17) is 34.8 Å². The molecule has 0 saturated heterocycles. The topological polar surface area (TPSA) is 49.4 Å². The summed E-state index contributed by atoms with van der Waals surface area (Å²) in [6, 6.07) is 12.0. The first kappa shape index (κ1) is 23.9. The summed E-state index contributed by atoms with van der Waals surface area (Å²) in [5.41, 5.74) is 1.70. The average Bonchev–Trinajstić information content (AvgIpc) is 2.68. The van der Waals surface area contributed by atoms with Gasteiger partial charge in [-0.2, -0.15) is 0 Å². The predicted molar refractivity (Wildman–Crippen MR) is 123 cm³/mol. The molecule has 8 heteroatoms. The second-order valence-electron chi connectivity index (χ2n) is 6.41. The van der Waals surface area contributed by atoms with Crippen LogP contribution in [0, 0.1) is 0 Å². The van der Waals surface area contributed by atoms with Crippen molar-refractivity contribution in [3.63, 3.8) is 0 Å². The van der Waals surface area contributed by atoms with E-state index in [-0.39, 0.29) is 24.1 Å². The van der Waals surface area contributed by atoms with E-state index in [0.29, 0.717) is 27.4 Å². The SMILES string of the molecule is CCNC(=O)[C@@H](C)N(Cc1ccccc1Cl)C(=O)CSCc1ccc(Cl)cc1Cl. The molecule has 1 atom stereocenters. The van der Waals surface area contributed by atoms with E-state index in [2.05, 4.69) is 5.32 Å². The van der Waals surface area contributed by atoms with Crippen LogP contribution in [0.15, 0.2) is 42.5 Å². The van der Waals surface area contributed by atoms with Gasteiger partial charge in [-0.05, 0) is 43.2 Å². The number of benzene rings is 2. The summed E-state index contributed by atoms with van der Waals surface area (Å²) < 4.78 is 0. The van der Waals surface area contributed by atoms with Crippen molar-refractivity contribution >= 4 is 58.4 Å². The van der Waals surface area contributed by atoms with Crippen molar-refractivity contribution in [3.05, 3.63) is 68.7 Å². The molecule has 0 heterocycles. The summed E-state index contributed by atoms with van der Waals surface area (Å²) >= 11 is 19.8. The van der Waals surface area contributed by atoms with Gasteiger partial charge in [-0.15, -0.1) is 11.8 Å². The van der Waals surface area contributed by atoms with Gasteiger partial charge in [0, 0.05) is 33.9 Å². The van der Waals surface area contributed by atoms with Crippen LogP contribution in [0.5, 0.6) is 0 Å². The van der Waals surface area contributed by atoms with Crippen molar-refractivity contribution < 1.29 is 9.59 Å². The average molecular weight is 474 g/mol. The zero-order valence-corrected chi connectivity index (χ0v) is 19.3. The van der Waals surface area contributed by atoms with Crippen LogP contribution in [0.4, 0.5) is 0 Å². The normalized spacial score (nSPS) is 11.8. The van der Waals surface area contributed by atoms with Crippen LogP contribution in [0.25, 0.3) is 0 Å². The minimum Gasteiger partial charge on any atom is -0.355 e. The van der Waals surface area contributed by atoms with E-state index in [9.17, 15) is 9.59 Å². The van der Waals surface area contributed by atoms with E-state index < -0.39 is 6.04 Å². The summed E-state index contributed by atoms with van der Waals surface area (Å²) in [6.45, 7) is 4.33. The van der Waals surface area contributed by atoms with Crippen molar-refractivity contribution in [2.24, 2.45) is 0 Å². The van der Waals surface area contributed by atoms with Gasteiger partial charge in [0.2, 0.25) is 11.8 Å². The van der Waals surface area contributed by atoms with Crippen molar-refractivity contribution in [2.45, 2.75) is 32.2 Å². The highest BCUT2D eigenvalue weighted by atomic mass is 35.5. The number of halogens is 3. The quantitative estimate of drug-likeness (QED) is 0.528. The van der Waals surface area contributed by atoms with Crippen LogP contribution >= 0.6 is 46.6 Å². The number of likely N-dealkylation sites (N-methyl/N-ethyl adjacent to an activating group) is 1. The number of rotatable bonds is 9. The molecule has 2 aromatic carbocycles. The lowest BCUT2D eigenvalue weighted by Crippen LogP contribution is -2.48. The van der Waals surface area contributed by atoms with Gasteiger partial charge in [-0.3, -0.25) is 9.59 Å². The van der Waals surface area contributed by atoms with Crippen LogP contribution in [-0.2, 0) is 21.9 Å². The molecule has 0 aliphatic heterocycles. The molecule has 156 valence electrons. The lowest BCUT2D eigenvalue weighted by Gasteiger charge is -2.29. The minimum absolute atomic E-state index is 0.140. The van der Waals surface area contributed by atoms with Crippen LogP contribution in [0.2, 0.25) is 15.1 Å². The van der Waals surface area contributed by atoms with Crippen LogP contribution in [0.3, 0.4) is 0 Å². The van der Waals surface area contributed by atoms with Gasteiger partial charge in [0.05, 0.1) is 5.75 Å². The first-order valence-electron chi connectivity index (χ1n) is 9.15. The molecule has 0 bridgehead atoms. The number of nitrogens with zero attached hydrogens (tertiary/aromatic N) is 1. The largest absolute Gasteiger partial charge is 0.355 e. The highest BCUT2D eigenvalue weighted by Gasteiger charge is 2.26. The lowest BCUT2D eigenvalue weighted by molar-refractivity contribution is -0.138. The van der Waals surface area contributed by atoms with Crippen LogP contribution in [0.1, 0.15) is 25.0 Å². The maximum atomic E-state index is 13.0. The Bertz CT molecular complexity index is 864. The molecule has 0 spiro atoms. The van der Waals surface area contributed by atoms with Crippen molar-refractivity contribution in [1.82, 2.24) is 10.2 Å². The molecule has 0 aliphatic carbocycles. The van der Waals surface area contributed by atoms with Crippen LogP contribution < -0.4 is 5.32 Å². The number of hydrogen-bond donors (Lipinski definition) is 1. The van der Waals surface area contributed by atoms with Crippen molar-refractivity contribution in [2.75, 3.05) is 12.3 Å². The molecule has 29 heavy (non-hydrogen) atoms. The Balaban J connectivity index is 2.08. The maximum Gasteiger partial charge on any atom is 0.242 e. The summed E-state index contributed by atoms with van der Waals surface area (Å²) in [5.74, 6) is 0.446. The molecule has 1 N–H and O–H groups in total. The highest BCUT2D eigenvalue weighted by Crippen LogP contribution is 2.25. The van der Waals surface area contributed by atoms with Gasteiger partial charge in [0.1, 0.15) is 6.04 Å². The van der Waals surface area contributed by atoms with Gasteiger partial charge in [-0.1, -0.05) is 59.1 Å². The summed E-state index contributed by atoms with van der Waals surface area (Å²) in [4.78, 5) is 26.9. The van der Waals surface area contributed by atoms with Crippen molar-refractivity contribution in [1.29, 1.82) is 0 Å². The van der Waals surface area contributed by atoms with Crippen molar-refractivity contribution in [3.8, 4) is 0 Å². The fourth-order valence-corrected chi connectivity index (χ4v) is 4.35. The van der Waals surface area contributed by atoms with E-state index in [1.807, 2.05) is 31.2 Å². The zero-order chi connectivity index (χ0) is 21.4. The Morgan fingerprint density at radius 2 is 1.79 bits per heavy atom.